The zero-order valence-corrected chi connectivity index (χ0v) is 13.2. The second-order valence-corrected chi connectivity index (χ2v) is 6.66. The van der Waals surface area contributed by atoms with Gasteiger partial charge in [-0.2, -0.15) is 5.10 Å². The first-order valence-electron chi connectivity index (χ1n) is 6.73. The van der Waals surface area contributed by atoms with Gasteiger partial charge in [-0.25, -0.2) is 13.1 Å². The molecule has 0 bridgehead atoms. The van der Waals surface area contributed by atoms with Gasteiger partial charge in [0.1, 0.15) is 0 Å². The maximum atomic E-state index is 11.8. The van der Waals surface area contributed by atoms with E-state index in [0.717, 1.165) is 5.56 Å². The molecule has 2 N–H and O–H groups in total. The van der Waals surface area contributed by atoms with E-state index in [1.54, 1.807) is 36.1 Å². The number of aryl methyl sites for hydroxylation is 2. The lowest BCUT2D eigenvalue weighted by atomic mass is 10.1. The molecule has 0 aliphatic carbocycles. The second-order valence-electron chi connectivity index (χ2n) is 4.77. The van der Waals surface area contributed by atoms with Crippen molar-refractivity contribution in [1.29, 1.82) is 0 Å². The van der Waals surface area contributed by atoms with Crippen molar-refractivity contribution >= 4 is 21.7 Å². The summed E-state index contributed by atoms with van der Waals surface area (Å²) in [5.41, 5.74) is 0.895. The molecule has 0 aliphatic rings. The molecule has 0 saturated carbocycles. The Morgan fingerprint density at radius 2 is 1.91 bits per heavy atom. The molecule has 2 rings (SSSR count). The van der Waals surface area contributed by atoms with Gasteiger partial charge in [-0.05, 0) is 31.2 Å². The Bertz CT molecular complexity index is 751. The molecule has 7 nitrogen and oxygen atoms in total. The van der Waals surface area contributed by atoms with E-state index in [9.17, 15) is 13.2 Å². The first kappa shape index (κ1) is 16.2. The summed E-state index contributed by atoms with van der Waals surface area (Å²) >= 11 is 0. The fourth-order valence-electron chi connectivity index (χ4n) is 1.90. The average molecular weight is 322 g/mol. The largest absolute Gasteiger partial charge is 0.309 e. The summed E-state index contributed by atoms with van der Waals surface area (Å²) in [5.74, 6) is 0.383. The van der Waals surface area contributed by atoms with Gasteiger partial charge in [0.05, 0.1) is 4.90 Å². The minimum atomic E-state index is -3.42. The van der Waals surface area contributed by atoms with Crippen LogP contribution in [0.15, 0.2) is 41.4 Å². The predicted molar refractivity (Wildman–Crippen MR) is 82.8 cm³/mol. The summed E-state index contributed by atoms with van der Waals surface area (Å²) < 4.78 is 27.1. The van der Waals surface area contributed by atoms with Crippen LogP contribution >= 0.6 is 0 Å². The molecule has 0 aliphatic heterocycles. The highest BCUT2D eigenvalue weighted by Crippen LogP contribution is 2.12. The fourth-order valence-corrected chi connectivity index (χ4v) is 2.63. The molecule has 0 unspecified atom stereocenters. The molecule has 1 amide bonds. The molecule has 0 saturated heterocycles. The number of rotatable bonds is 6. The summed E-state index contributed by atoms with van der Waals surface area (Å²) in [5, 5.41) is 6.77. The van der Waals surface area contributed by atoms with E-state index in [-0.39, 0.29) is 10.8 Å². The van der Waals surface area contributed by atoms with Crippen molar-refractivity contribution < 1.29 is 13.2 Å². The third kappa shape index (κ3) is 4.15. The molecule has 0 radical (unpaired) electrons. The van der Waals surface area contributed by atoms with Crippen LogP contribution in [0, 0.1) is 0 Å². The Hall–Kier alpha value is -2.19. The van der Waals surface area contributed by atoms with Crippen molar-refractivity contribution in [3.8, 4) is 0 Å². The van der Waals surface area contributed by atoms with E-state index in [1.165, 1.54) is 19.2 Å². The molecule has 0 atom stereocenters. The first-order valence-corrected chi connectivity index (χ1v) is 8.21. The number of carbonyl (C=O) groups is 1. The molecule has 22 heavy (non-hydrogen) atoms. The van der Waals surface area contributed by atoms with Crippen LogP contribution in [-0.2, 0) is 28.3 Å². The predicted octanol–water partition coefficient (Wildman–Crippen LogP) is 0.899. The van der Waals surface area contributed by atoms with Crippen molar-refractivity contribution in [2.75, 3.05) is 12.4 Å². The van der Waals surface area contributed by atoms with E-state index < -0.39 is 10.0 Å². The minimum Gasteiger partial charge on any atom is -0.309 e. The summed E-state index contributed by atoms with van der Waals surface area (Å²) in [6.45, 7) is 0. The molecule has 0 fully saturated rings. The molecule has 1 heterocycles. The Morgan fingerprint density at radius 3 is 2.45 bits per heavy atom. The number of benzene rings is 1. The van der Waals surface area contributed by atoms with Crippen molar-refractivity contribution in [1.82, 2.24) is 14.5 Å². The normalized spacial score (nSPS) is 11.4. The van der Waals surface area contributed by atoms with Gasteiger partial charge in [-0.3, -0.25) is 9.48 Å². The zero-order valence-electron chi connectivity index (χ0n) is 12.4. The summed E-state index contributed by atoms with van der Waals surface area (Å²) in [7, 11) is -0.284. The highest BCUT2D eigenvalue weighted by atomic mass is 32.2. The Kier molecular flexibility index (Phi) is 4.94. The lowest BCUT2D eigenvalue weighted by molar-refractivity contribution is -0.116. The average Bonchev–Trinajstić information content (AvgIpc) is 2.90. The van der Waals surface area contributed by atoms with Gasteiger partial charge >= 0.3 is 0 Å². The molecule has 0 spiro atoms. The van der Waals surface area contributed by atoms with Crippen molar-refractivity contribution in [2.24, 2.45) is 7.05 Å². The zero-order chi connectivity index (χ0) is 16.2. The molecular weight excluding hydrogens is 304 g/mol. The van der Waals surface area contributed by atoms with Gasteiger partial charge in [0.15, 0.2) is 5.82 Å². The second kappa shape index (κ2) is 6.71. The fraction of sp³-hybridized carbons (Fsp3) is 0.286. The van der Waals surface area contributed by atoms with Crippen LogP contribution in [0.25, 0.3) is 0 Å². The lowest BCUT2D eigenvalue weighted by Crippen LogP contribution is -2.18. The number of sulfonamides is 1. The number of hydrogen-bond acceptors (Lipinski definition) is 4. The lowest BCUT2D eigenvalue weighted by Gasteiger charge is -2.05. The van der Waals surface area contributed by atoms with Gasteiger partial charge in [-0.15, -0.1) is 0 Å². The Balaban J connectivity index is 1.90. The number of nitrogens with zero attached hydrogens (tertiary/aromatic N) is 2. The van der Waals surface area contributed by atoms with E-state index in [1.807, 2.05) is 0 Å². The molecule has 8 heteroatoms. The third-order valence-corrected chi connectivity index (χ3v) is 4.55. The summed E-state index contributed by atoms with van der Waals surface area (Å²) in [4.78, 5) is 12.0. The van der Waals surface area contributed by atoms with Crippen LogP contribution in [0.2, 0.25) is 0 Å². The van der Waals surface area contributed by atoms with Crippen LogP contribution in [0.5, 0.6) is 0 Å². The van der Waals surface area contributed by atoms with Gasteiger partial charge in [0, 0.05) is 25.7 Å². The van der Waals surface area contributed by atoms with Gasteiger partial charge < -0.3 is 5.32 Å². The van der Waals surface area contributed by atoms with E-state index in [4.69, 9.17) is 0 Å². The van der Waals surface area contributed by atoms with Crippen LogP contribution in [0.4, 0.5) is 5.82 Å². The summed E-state index contributed by atoms with van der Waals surface area (Å²) in [6, 6.07) is 8.18. The van der Waals surface area contributed by atoms with Crippen LogP contribution in [0.3, 0.4) is 0 Å². The molecule has 1 aromatic carbocycles. The quantitative estimate of drug-likeness (QED) is 0.826. The first-order chi connectivity index (χ1) is 10.4. The van der Waals surface area contributed by atoms with Gasteiger partial charge in [0.25, 0.3) is 0 Å². The van der Waals surface area contributed by atoms with E-state index >= 15 is 0 Å². The standard InChI is InChI=1S/C14H18N4O3S/c1-15-22(20,21)12-6-3-11(4-7-12)5-8-14(19)16-13-9-10-18(2)17-13/h3-4,6-7,9-10,15H,5,8H2,1-2H3,(H,16,17,19). The monoisotopic (exact) mass is 322 g/mol. The molecule has 2 aromatic rings. The maximum Gasteiger partial charge on any atom is 0.240 e. The molecule has 118 valence electrons. The summed E-state index contributed by atoms with van der Waals surface area (Å²) in [6.07, 6.45) is 2.57. The number of anilines is 1. The number of amides is 1. The van der Waals surface area contributed by atoms with Crippen molar-refractivity contribution in [2.45, 2.75) is 17.7 Å². The van der Waals surface area contributed by atoms with E-state index in [2.05, 4.69) is 15.1 Å². The number of nitrogens with one attached hydrogen (secondary N) is 2. The topological polar surface area (TPSA) is 93.1 Å². The molecule has 1 aromatic heterocycles. The van der Waals surface area contributed by atoms with Gasteiger partial charge in [0.2, 0.25) is 15.9 Å². The van der Waals surface area contributed by atoms with Crippen LogP contribution in [0.1, 0.15) is 12.0 Å². The highest BCUT2D eigenvalue weighted by Gasteiger charge is 2.11. The van der Waals surface area contributed by atoms with E-state index in [0.29, 0.717) is 18.7 Å². The van der Waals surface area contributed by atoms with Crippen LogP contribution < -0.4 is 10.0 Å². The highest BCUT2D eigenvalue weighted by molar-refractivity contribution is 7.89. The Morgan fingerprint density at radius 1 is 1.23 bits per heavy atom. The Labute approximate surface area is 129 Å². The van der Waals surface area contributed by atoms with Gasteiger partial charge in [-0.1, -0.05) is 12.1 Å². The smallest absolute Gasteiger partial charge is 0.240 e. The van der Waals surface area contributed by atoms with Crippen molar-refractivity contribution in [3.63, 3.8) is 0 Å². The minimum absolute atomic E-state index is 0.134. The third-order valence-electron chi connectivity index (χ3n) is 3.12. The SMILES string of the molecule is CNS(=O)(=O)c1ccc(CCC(=O)Nc2ccn(C)n2)cc1. The number of aromatic nitrogens is 2. The number of hydrogen-bond donors (Lipinski definition) is 2. The van der Waals surface area contributed by atoms with Crippen LogP contribution in [-0.4, -0.2) is 31.2 Å². The molecular formula is C14H18N4O3S. The van der Waals surface area contributed by atoms with Crippen molar-refractivity contribution in [3.05, 3.63) is 42.1 Å². The maximum absolute atomic E-state index is 11.8. The number of carbonyl (C=O) groups excluding carboxylic acids is 1.